The lowest BCUT2D eigenvalue weighted by Gasteiger charge is -2.15. The smallest absolute Gasteiger partial charge is 0.298 e. The number of hydrogen-bond acceptors (Lipinski definition) is 5. The number of hydrogen-bond donors (Lipinski definition) is 0. The van der Waals surface area contributed by atoms with Crippen LogP contribution in [0.5, 0.6) is 5.75 Å². The predicted molar refractivity (Wildman–Crippen MR) is 87.9 cm³/mol. The zero-order chi connectivity index (χ0) is 15.7. The molecule has 0 unspecified atom stereocenters. The highest BCUT2D eigenvalue weighted by Gasteiger charge is 2.37. The van der Waals surface area contributed by atoms with Crippen LogP contribution in [0, 0.1) is 0 Å². The molecule has 112 valence electrons. The zero-order valence-corrected chi connectivity index (χ0v) is 13.8. The summed E-state index contributed by atoms with van der Waals surface area (Å²) in [4.78, 5) is 26.1. The first-order valence-electron chi connectivity index (χ1n) is 6.26. The first kappa shape index (κ1) is 14.9. The average molecular weight is 380 g/mol. The second-order valence-corrected chi connectivity index (χ2v) is 6.11. The highest BCUT2D eigenvalue weighted by molar-refractivity contribution is 9.10. The predicted octanol–water partition coefficient (Wildman–Crippen LogP) is 4.29. The Morgan fingerprint density at radius 3 is 2.68 bits per heavy atom. The molecule has 1 aliphatic rings. The number of methoxy groups -OCH3 is 1. The van der Waals surface area contributed by atoms with Gasteiger partial charge in [0, 0.05) is 6.08 Å². The Kier molecular flexibility index (Phi) is 4.08. The monoisotopic (exact) mass is 379 g/mol. The van der Waals surface area contributed by atoms with Crippen LogP contribution in [0.15, 0.2) is 50.4 Å². The number of para-hydroxylation sites is 2. The summed E-state index contributed by atoms with van der Waals surface area (Å²) in [6.07, 6.45) is 1.55. The highest BCUT2D eigenvalue weighted by atomic mass is 79.9. The molecule has 2 aromatic rings. The Labute approximate surface area is 139 Å². The van der Waals surface area contributed by atoms with Gasteiger partial charge in [0.2, 0.25) is 0 Å². The van der Waals surface area contributed by atoms with E-state index in [9.17, 15) is 9.59 Å². The summed E-state index contributed by atoms with van der Waals surface area (Å²) in [5, 5.41) is -0.369. The number of carbonyl (C=O) groups excluding carboxylic acids is 2. The van der Waals surface area contributed by atoms with Gasteiger partial charge in [0.05, 0.1) is 17.7 Å². The fourth-order valence-corrected chi connectivity index (χ4v) is 3.16. The van der Waals surface area contributed by atoms with Crippen LogP contribution in [0.25, 0.3) is 6.08 Å². The zero-order valence-electron chi connectivity index (χ0n) is 11.4. The van der Waals surface area contributed by atoms with Crippen molar-refractivity contribution in [3.8, 4) is 5.75 Å². The van der Waals surface area contributed by atoms with Crippen LogP contribution < -0.4 is 9.64 Å². The summed E-state index contributed by atoms with van der Waals surface area (Å²) in [7, 11) is 1.49. The maximum atomic E-state index is 12.5. The Hall–Kier alpha value is -1.99. The number of amides is 2. The van der Waals surface area contributed by atoms with E-state index in [4.69, 9.17) is 9.15 Å². The molecule has 1 fully saturated rings. The first-order valence-corrected chi connectivity index (χ1v) is 7.87. The minimum absolute atomic E-state index is 0.303. The Morgan fingerprint density at radius 2 is 2.00 bits per heavy atom. The molecule has 0 radical (unpaired) electrons. The van der Waals surface area contributed by atoms with Gasteiger partial charge in [-0.2, -0.15) is 0 Å². The third-order valence-corrected chi connectivity index (χ3v) is 4.28. The topological polar surface area (TPSA) is 59.8 Å². The largest absolute Gasteiger partial charge is 0.495 e. The second kappa shape index (κ2) is 6.02. The van der Waals surface area contributed by atoms with Gasteiger partial charge in [-0.3, -0.25) is 9.59 Å². The molecule has 0 bridgehead atoms. The molecule has 22 heavy (non-hydrogen) atoms. The minimum atomic E-state index is -0.396. The molecule has 2 amide bonds. The lowest BCUT2D eigenvalue weighted by Crippen LogP contribution is -2.28. The number of furan rings is 1. The Bertz CT molecular complexity index is 783. The summed E-state index contributed by atoms with van der Waals surface area (Å²) in [6, 6.07) is 10.3. The Morgan fingerprint density at radius 1 is 1.23 bits per heavy atom. The molecule has 3 rings (SSSR count). The number of carbonyl (C=O) groups is 2. The first-order chi connectivity index (χ1) is 10.6. The van der Waals surface area contributed by atoms with Crippen LogP contribution in [-0.4, -0.2) is 18.3 Å². The SMILES string of the molecule is COc1ccccc1N1C(=O)S/C(=C/c2ccc(Br)o2)C1=O. The van der Waals surface area contributed by atoms with E-state index in [2.05, 4.69) is 15.9 Å². The lowest BCUT2D eigenvalue weighted by atomic mass is 10.2. The summed E-state index contributed by atoms with van der Waals surface area (Å²) in [6.45, 7) is 0. The average Bonchev–Trinajstić information content (AvgIpc) is 3.03. The molecular weight excluding hydrogens is 370 g/mol. The van der Waals surface area contributed by atoms with Crippen molar-refractivity contribution in [2.75, 3.05) is 12.0 Å². The summed E-state index contributed by atoms with van der Waals surface area (Å²) < 4.78 is 11.1. The third-order valence-electron chi connectivity index (χ3n) is 2.99. The van der Waals surface area contributed by atoms with Crippen molar-refractivity contribution < 1.29 is 18.7 Å². The number of benzene rings is 1. The van der Waals surface area contributed by atoms with E-state index in [0.717, 1.165) is 16.7 Å². The fraction of sp³-hybridized carbons (Fsp3) is 0.0667. The van der Waals surface area contributed by atoms with Crippen molar-refractivity contribution in [2.24, 2.45) is 0 Å². The van der Waals surface area contributed by atoms with Crippen molar-refractivity contribution in [1.82, 2.24) is 0 Å². The maximum Gasteiger partial charge on any atom is 0.298 e. The van der Waals surface area contributed by atoms with E-state index in [-0.39, 0.29) is 5.24 Å². The van der Waals surface area contributed by atoms with Crippen LogP contribution >= 0.6 is 27.7 Å². The molecule has 1 saturated heterocycles. The number of thioether (sulfide) groups is 1. The normalized spacial score (nSPS) is 16.6. The van der Waals surface area contributed by atoms with Gasteiger partial charge in [-0.1, -0.05) is 12.1 Å². The molecule has 0 N–H and O–H groups in total. The Balaban J connectivity index is 1.97. The van der Waals surface area contributed by atoms with Gasteiger partial charge < -0.3 is 9.15 Å². The van der Waals surface area contributed by atoms with Gasteiger partial charge in [-0.25, -0.2) is 4.90 Å². The van der Waals surface area contributed by atoms with Gasteiger partial charge in [0.25, 0.3) is 11.1 Å². The molecule has 5 nitrogen and oxygen atoms in total. The molecule has 0 atom stereocenters. The quantitative estimate of drug-likeness (QED) is 0.744. The summed E-state index contributed by atoms with van der Waals surface area (Å²) >= 11 is 4.06. The van der Waals surface area contributed by atoms with Crippen LogP contribution in [0.4, 0.5) is 10.5 Å². The van der Waals surface area contributed by atoms with Crippen molar-refractivity contribution in [2.45, 2.75) is 0 Å². The summed E-state index contributed by atoms with van der Waals surface area (Å²) in [5.41, 5.74) is 0.427. The molecule has 0 spiro atoms. The van der Waals surface area contributed by atoms with Crippen molar-refractivity contribution >= 4 is 50.6 Å². The number of nitrogens with zero attached hydrogens (tertiary/aromatic N) is 1. The lowest BCUT2D eigenvalue weighted by molar-refractivity contribution is -0.113. The van der Waals surface area contributed by atoms with Gasteiger partial charge in [-0.15, -0.1) is 0 Å². The standard InChI is InChI=1S/C15H10BrNO4S/c1-20-11-5-3-2-4-10(11)17-14(18)12(22-15(17)19)8-9-6-7-13(16)21-9/h2-8H,1H3/b12-8+. The van der Waals surface area contributed by atoms with E-state index in [0.29, 0.717) is 26.8 Å². The highest BCUT2D eigenvalue weighted by Crippen LogP contribution is 2.39. The molecule has 1 aromatic carbocycles. The van der Waals surface area contributed by atoms with Crippen molar-refractivity contribution in [3.63, 3.8) is 0 Å². The number of halogens is 1. The van der Waals surface area contributed by atoms with E-state index in [1.165, 1.54) is 7.11 Å². The van der Waals surface area contributed by atoms with Gasteiger partial charge in [0.1, 0.15) is 11.5 Å². The summed E-state index contributed by atoms with van der Waals surface area (Å²) in [5.74, 6) is 0.566. The van der Waals surface area contributed by atoms with Gasteiger partial charge >= 0.3 is 0 Å². The second-order valence-electron chi connectivity index (χ2n) is 4.33. The number of ether oxygens (including phenoxy) is 1. The van der Waals surface area contributed by atoms with Crippen LogP contribution in [-0.2, 0) is 4.79 Å². The minimum Gasteiger partial charge on any atom is -0.495 e. The molecule has 7 heteroatoms. The molecule has 0 saturated carbocycles. The van der Waals surface area contributed by atoms with Crippen LogP contribution in [0.2, 0.25) is 0 Å². The molecule has 2 heterocycles. The molecule has 1 aliphatic heterocycles. The maximum absolute atomic E-state index is 12.5. The number of anilines is 1. The van der Waals surface area contributed by atoms with Crippen LogP contribution in [0.1, 0.15) is 5.76 Å². The van der Waals surface area contributed by atoms with Crippen molar-refractivity contribution in [1.29, 1.82) is 0 Å². The third kappa shape index (κ3) is 2.69. The number of rotatable bonds is 3. The molecular formula is C15H10BrNO4S. The van der Waals surface area contributed by atoms with Gasteiger partial charge in [0.15, 0.2) is 4.67 Å². The van der Waals surface area contributed by atoms with E-state index < -0.39 is 5.91 Å². The van der Waals surface area contributed by atoms with E-state index in [1.807, 2.05) is 0 Å². The molecule has 0 aliphatic carbocycles. The van der Waals surface area contributed by atoms with Crippen molar-refractivity contribution in [3.05, 3.63) is 51.7 Å². The van der Waals surface area contributed by atoms with E-state index >= 15 is 0 Å². The van der Waals surface area contributed by atoms with Gasteiger partial charge in [-0.05, 0) is 52.0 Å². The molecule has 1 aromatic heterocycles. The van der Waals surface area contributed by atoms with Crippen LogP contribution in [0.3, 0.4) is 0 Å². The van der Waals surface area contributed by atoms with E-state index in [1.54, 1.807) is 42.5 Å². The fourth-order valence-electron chi connectivity index (χ4n) is 2.02. The number of imide groups is 1.